The maximum absolute atomic E-state index is 11.2. The van der Waals surface area contributed by atoms with Gasteiger partial charge < -0.3 is 14.6 Å². The molecule has 6 heteroatoms. The fraction of sp³-hybridized carbons (Fsp3) is 0.300. The van der Waals surface area contributed by atoms with Crippen molar-refractivity contribution in [2.75, 3.05) is 11.9 Å². The van der Waals surface area contributed by atoms with E-state index in [0.29, 0.717) is 11.6 Å². The molecule has 0 aliphatic heterocycles. The van der Waals surface area contributed by atoms with Crippen LogP contribution in [-0.2, 0) is 9.53 Å². The molecule has 0 radical (unpaired) electrons. The molecule has 0 aliphatic rings. The van der Waals surface area contributed by atoms with Crippen LogP contribution in [0.25, 0.3) is 0 Å². The molecule has 1 aromatic rings. The highest BCUT2D eigenvalue weighted by atomic mass is 16.5. The third-order valence-corrected chi connectivity index (χ3v) is 1.61. The molecule has 1 heterocycles. The van der Waals surface area contributed by atoms with Gasteiger partial charge in [0.25, 0.3) is 0 Å². The lowest BCUT2D eigenvalue weighted by Gasteiger charge is -1.99. The third-order valence-electron chi connectivity index (χ3n) is 1.61. The summed E-state index contributed by atoms with van der Waals surface area (Å²) in [4.78, 5) is 11.2. The molecule has 84 valence electrons. The molecule has 0 saturated heterocycles. The van der Waals surface area contributed by atoms with Crippen molar-refractivity contribution >= 4 is 11.8 Å². The van der Waals surface area contributed by atoms with E-state index in [-0.39, 0.29) is 12.2 Å². The Hall–Kier alpha value is -2.29. The lowest BCUT2D eigenvalue weighted by atomic mass is 10.3. The number of nitrogens with zero attached hydrogens (tertiary/aromatic N) is 2. The molecule has 0 amide bonds. The van der Waals surface area contributed by atoms with Gasteiger partial charge in [-0.1, -0.05) is 5.16 Å². The normalized spacial score (nSPS) is 10.7. The Morgan fingerprint density at radius 3 is 3.06 bits per heavy atom. The number of hydrogen-bond donors (Lipinski definition) is 1. The molecule has 1 N–H and O–H groups in total. The summed E-state index contributed by atoms with van der Waals surface area (Å²) in [5.41, 5.74) is -0.123. The number of aromatic nitrogens is 1. The van der Waals surface area contributed by atoms with Crippen molar-refractivity contribution in [2.45, 2.75) is 13.8 Å². The molecule has 0 fully saturated rings. The fourth-order valence-electron chi connectivity index (χ4n) is 0.926. The van der Waals surface area contributed by atoms with Gasteiger partial charge in [0.05, 0.1) is 6.61 Å². The number of esters is 1. The summed E-state index contributed by atoms with van der Waals surface area (Å²) in [5, 5.41) is 15.0. The lowest BCUT2D eigenvalue weighted by molar-refractivity contribution is -0.138. The van der Waals surface area contributed by atoms with Crippen LogP contribution >= 0.6 is 0 Å². The zero-order chi connectivity index (χ0) is 12.0. The first kappa shape index (κ1) is 11.8. The second-order valence-electron chi connectivity index (χ2n) is 2.86. The number of nitrogens with one attached hydrogen (secondary N) is 1. The summed E-state index contributed by atoms with van der Waals surface area (Å²) in [6.07, 6.45) is 1.23. The zero-order valence-electron chi connectivity index (χ0n) is 8.98. The highest BCUT2D eigenvalue weighted by molar-refractivity contribution is 5.93. The number of carbonyl (C=O) groups excluding carboxylic acids is 1. The number of hydrogen-bond acceptors (Lipinski definition) is 6. The average molecular weight is 221 g/mol. The number of anilines is 1. The first-order valence-electron chi connectivity index (χ1n) is 4.64. The topological polar surface area (TPSA) is 88.2 Å². The van der Waals surface area contributed by atoms with Crippen molar-refractivity contribution in [2.24, 2.45) is 0 Å². The average Bonchev–Trinajstić information content (AvgIpc) is 2.65. The van der Waals surface area contributed by atoms with Crippen LogP contribution in [0.2, 0.25) is 0 Å². The number of rotatable bonds is 4. The standard InChI is InChI=1S/C10H11N3O3/c1-3-15-10(14)8(5-11)6-12-9-4-7(2)16-13-9/h4,6H,3H2,1-2H3,(H,12,13)/b8-6-. The SMILES string of the molecule is CCOC(=O)/C(C#N)=C\Nc1cc(C)on1. The highest BCUT2D eigenvalue weighted by Gasteiger charge is 2.09. The highest BCUT2D eigenvalue weighted by Crippen LogP contribution is 2.07. The van der Waals surface area contributed by atoms with E-state index in [2.05, 4.69) is 15.2 Å². The minimum absolute atomic E-state index is 0.123. The van der Waals surface area contributed by atoms with E-state index in [1.54, 1.807) is 26.0 Å². The Kier molecular flexibility index (Phi) is 4.09. The van der Waals surface area contributed by atoms with E-state index in [4.69, 9.17) is 9.78 Å². The molecule has 0 spiro atoms. The van der Waals surface area contributed by atoms with Crippen LogP contribution in [0.5, 0.6) is 0 Å². The number of ether oxygens (including phenoxy) is 1. The van der Waals surface area contributed by atoms with Gasteiger partial charge in [0.1, 0.15) is 11.8 Å². The van der Waals surface area contributed by atoms with Crippen LogP contribution in [0.3, 0.4) is 0 Å². The molecular formula is C10H11N3O3. The number of nitriles is 1. The molecule has 1 aromatic heterocycles. The molecule has 0 saturated carbocycles. The lowest BCUT2D eigenvalue weighted by Crippen LogP contribution is -2.07. The van der Waals surface area contributed by atoms with Gasteiger partial charge in [-0.25, -0.2) is 4.79 Å². The quantitative estimate of drug-likeness (QED) is 0.469. The van der Waals surface area contributed by atoms with Gasteiger partial charge in [0.15, 0.2) is 11.4 Å². The van der Waals surface area contributed by atoms with Gasteiger partial charge in [-0.15, -0.1) is 0 Å². The minimum atomic E-state index is -0.669. The first-order valence-corrected chi connectivity index (χ1v) is 4.64. The fourth-order valence-corrected chi connectivity index (χ4v) is 0.926. The largest absolute Gasteiger partial charge is 0.462 e. The zero-order valence-corrected chi connectivity index (χ0v) is 8.98. The van der Waals surface area contributed by atoms with Gasteiger partial charge in [-0.05, 0) is 13.8 Å². The van der Waals surface area contributed by atoms with E-state index in [0.717, 1.165) is 0 Å². The first-order chi connectivity index (χ1) is 7.67. The summed E-state index contributed by atoms with van der Waals surface area (Å²) in [5.74, 6) is 0.387. The second-order valence-corrected chi connectivity index (χ2v) is 2.86. The van der Waals surface area contributed by atoms with Gasteiger partial charge >= 0.3 is 5.97 Å². The van der Waals surface area contributed by atoms with E-state index in [1.807, 2.05) is 0 Å². The minimum Gasteiger partial charge on any atom is -0.462 e. The smallest absolute Gasteiger partial charge is 0.350 e. The van der Waals surface area contributed by atoms with Crippen molar-refractivity contribution in [3.63, 3.8) is 0 Å². The van der Waals surface area contributed by atoms with Crippen LogP contribution < -0.4 is 5.32 Å². The van der Waals surface area contributed by atoms with Crippen molar-refractivity contribution in [3.05, 3.63) is 23.6 Å². The molecule has 0 bridgehead atoms. The summed E-state index contributed by atoms with van der Waals surface area (Å²) in [6.45, 7) is 3.63. The van der Waals surface area contributed by atoms with Gasteiger partial charge in [-0.3, -0.25) is 0 Å². The summed E-state index contributed by atoms with van der Waals surface area (Å²) >= 11 is 0. The van der Waals surface area contributed by atoms with E-state index in [1.165, 1.54) is 6.20 Å². The van der Waals surface area contributed by atoms with Crippen molar-refractivity contribution < 1.29 is 14.1 Å². The van der Waals surface area contributed by atoms with Crippen molar-refractivity contribution in [3.8, 4) is 6.07 Å². The van der Waals surface area contributed by atoms with Crippen molar-refractivity contribution in [1.29, 1.82) is 5.26 Å². The maximum atomic E-state index is 11.2. The molecule has 0 aliphatic carbocycles. The number of carbonyl (C=O) groups is 1. The van der Waals surface area contributed by atoms with Crippen LogP contribution in [0.1, 0.15) is 12.7 Å². The molecule has 16 heavy (non-hydrogen) atoms. The molecule has 0 unspecified atom stereocenters. The van der Waals surface area contributed by atoms with E-state index >= 15 is 0 Å². The number of aryl methyl sites for hydroxylation is 1. The predicted molar refractivity (Wildman–Crippen MR) is 55.2 cm³/mol. The maximum Gasteiger partial charge on any atom is 0.350 e. The van der Waals surface area contributed by atoms with Gasteiger partial charge in [-0.2, -0.15) is 5.26 Å². The van der Waals surface area contributed by atoms with E-state index < -0.39 is 5.97 Å². The van der Waals surface area contributed by atoms with Crippen LogP contribution in [0.4, 0.5) is 5.82 Å². The van der Waals surface area contributed by atoms with Crippen LogP contribution in [0.15, 0.2) is 22.4 Å². The van der Waals surface area contributed by atoms with Crippen LogP contribution in [-0.4, -0.2) is 17.7 Å². The molecule has 0 aromatic carbocycles. The summed E-state index contributed by atoms with van der Waals surface area (Å²) in [7, 11) is 0. The molecule has 6 nitrogen and oxygen atoms in total. The van der Waals surface area contributed by atoms with Crippen molar-refractivity contribution in [1.82, 2.24) is 5.16 Å². The predicted octanol–water partition coefficient (Wildman–Crippen LogP) is 1.37. The van der Waals surface area contributed by atoms with Gasteiger partial charge in [0.2, 0.25) is 0 Å². The van der Waals surface area contributed by atoms with Crippen LogP contribution in [0, 0.1) is 18.3 Å². The summed E-state index contributed by atoms with van der Waals surface area (Å²) < 4.78 is 9.47. The van der Waals surface area contributed by atoms with Gasteiger partial charge in [0, 0.05) is 12.3 Å². The Morgan fingerprint density at radius 2 is 2.56 bits per heavy atom. The Bertz CT molecular complexity index is 442. The molecular weight excluding hydrogens is 210 g/mol. The Balaban J connectivity index is 2.67. The second kappa shape index (κ2) is 5.56. The van der Waals surface area contributed by atoms with E-state index in [9.17, 15) is 4.79 Å². The Morgan fingerprint density at radius 1 is 1.81 bits per heavy atom. The molecule has 0 atom stereocenters. The third kappa shape index (κ3) is 3.13. The summed E-state index contributed by atoms with van der Waals surface area (Å²) in [6, 6.07) is 3.36. The Labute approximate surface area is 92.5 Å². The molecule has 1 rings (SSSR count). The monoisotopic (exact) mass is 221 g/mol.